The predicted octanol–water partition coefficient (Wildman–Crippen LogP) is 1.99. The van der Waals surface area contributed by atoms with Crippen molar-refractivity contribution in [2.24, 2.45) is 7.05 Å². The van der Waals surface area contributed by atoms with E-state index in [4.69, 9.17) is 14.0 Å². The molecule has 138 valence electrons. The quantitative estimate of drug-likeness (QED) is 0.785. The van der Waals surface area contributed by atoms with Crippen LogP contribution < -0.4 is 15.1 Å². The highest BCUT2D eigenvalue weighted by molar-refractivity contribution is 6.62. The van der Waals surface area contributed by atoms with Crippen molar-refractivity contribution in [2.45, 2.75) is 45.0 Å². The number of hydrogen-bond acceptors (Lipinski definition) is 5. The number of nitrogens with zero attached hydrogens (tertiary/aromatic N) is 3. The molecule has 2 aliphatic heterocycles. The molecule has 3 heterocycles. The Bertz CT molecular complexity index is 766. The van der Waals surface area contributed by atoms with Crippen molar-refractivity contribution >= 4 is 18.5 Å². The van der Waals surface area contributed by atoms with Gasteiger partial charge in [0.1, 0.15) is 11.9 Å². The van der Waals surface area contributed by atoms with E-state index in [1.165, 1.54) is 0 Å². The molecule has 0 saturated carbocycles. The molecule has 0 radical (unpaired) electrons. The minimum Gasteiger partial charge on any atom is -0.487 e. The van der Waals surface area contributed by atoms with Crippen LogP contribution in [0.15, 0.2) is 36.7 Å². The van der Waals surface area contributed by atoms with Gasteiger partial charge in [-0.3, -0.25) is 0 Å². The second kappa shape index (κ2) is 6.03. The van der Waals surface area contributed by atoms with Crippen LogP contribution in [0.2, 0.25) is 0 Å². The SMILES string of the molecule is Cn1ccnc1N1CC(Oc2ccc(B3OC(C)(C)C(C)(C)O3)cc2)C1. The molecule has 7 heteroatoms. The molecule has 0 aliphatic carbocycles. The molecule has 0 amide bonds. The van der Waals surface area contributed by atoms with Crippen LogP contribution in [0.25, 0.3) is 0 Å². The standard InChI is InChI=1S/C19H26BN3O3/c1-18(2)19(3,4)26-20(25-18)14-6-8-15(9-7-14)24-16-12-23(13-16)17-21-10-11-22(17)5/h6-11,16H,12-13H2,1-5H3. The number of anilines is 1. The predicted molar refractivity (Wildman–Crippen MR) is 102 cm³/mol. The zero-order valence-electron chi connectivity index (χ0n) is 16.1. The number of benzene rings is 1. The van der Waals surface area contributed by atoms with Gasteiger partial charge in [-0.05, 0) is 45.3 Å². The first kappa shape index (κ1) is 17.4. The van der Waals surface area contributed by atoms with Gasteiger partial charge >= 0.3 is 7.12 Å². The fourth-order valence-electron chi connectivity index (χ4n) is 3.21. The highest BCUT2D eigenvalue weighted by Gasteiger charge is 2.51. The second-order valence-corrected chi connectivity index (χ2v) is 8.14. The fraction of sp³-hybridized carbons (Fsp3) is 0.526. The van der Waals surface area contributed by atoms with Crippen molar-refractivity contribution in [3.05, 3.63) is 36.7 Å². The Labute approximate surface area is 155 Å². The van der Waals surface area contributed by atoms with Gasteiger partial charge in [0.05, 0.1) is 24.3 Å². The lowest BCUT2D eigenvalue weighted by atomic mass is 9.79. The highest BCUT2D eigenvalue weighted by Crippen LogP contribution is 2.36. The summed E-state index contributed by atoms with van der Waals surface area (Å²) < 4.78 is 20.3. The Morgan fingerprint density at radius 2 is 1.69 bits per heavy atom. The van der Waals surface area contributed by atoms with Crippen molar-refractivity contribution in [3.8, 4) is 5.75 Å². The Morgan fingerprint density at radius 3 is 2.23 bits per heavy atom. The Balaban J connectivity index is 1.34. The van der Waals surface area contributed by atoms with E-state index in [1.807, 2.05) is 48.3 Å². The second-order valence-electron chi connectivity index (χ2n) is 8.14. The van der Waals surface area contributed by atoms with Crippen LogP contribution in [-0.2, 0) is 16.4 Å². The average molecular weight is 355 g/mol. The lowest BCUT2D eigenvalue weighted by Gasteiger charge is -2.39. The fourth-order valence-corrected chi connectivity index (χ4v) is 3.21. The van der Waals surface area contributed by atoms with Crippen LogP contribution in [-0.4, -0.2) is 47.1 Å². The van der Waals surface area contributed by atoms with Crippen LogP contribution >= 0.6 is 0 Å². The number of ether oxygens (including phenoxy) is 1. The van der Waals surface area contributed by atoms with Crippen LogP contribution in [0.5, 0.6) is 5.75 Å². The van der Waals surface area contributed by atoms with Crippen LogP contribution in [0.4, 0.5) is 5.95 Å². The van der Waals surface area contributed by atoms with Gasteiger partial charge < -0.3 is 23.5 Å². The van der Waals surface area contributed by atoms with E-state index in [1.54, 1.807) is 0 Å². The maximum absolute atomic E-state index is 6.09. The Kier molecular flexibility index (Phi) is 4.04. The van der Waals surface area contributed by atoms with Crippen molar-refractivity contribution in [1.29, 1.82) is 0 Å². The monoisotopic (exact) mass is 355 g/mol. The first-order valence-corrected chi connectivity index (χ1v) is 9.10. The summed E-state index contributed by atoms with van der Waals surface area (Å²) in [7, 11) is 1.67. The largest absolute Gasteiger partial charge is 0.494 e. The van der Waals surface area contributed by atoms with Crippen LogP contribution in [0.3, 0.4) is 0 Å². The third-order valence-corrected chi connectivity index (χ3v) is 5.63. The van der Waals surface area contributed by atoms with Gasteiger partial charge in [0.15, 0.2) is 0 Å². The zero-order chi connectivity index (χ0) is 18.5. The third kappa shape index (κ3) is 2.99. The molecule has 0 spiro atoms. The molecule has 0 atom stereocenters. The lowest BCUT2D eigenvalue weighted by Crippen LogP contribution is -2.54. The number of imidazole rings is 1. The smallest absolute Gasteiger partial charge is 0.487 e. The Morgan fingerprint density at radius 1 is 1.08 bits per heavy atom. The Hall–Kier alpha value is -1.99. The van der Waals surface area contributed by atoms with E-state index in [0.29, 0.717) is 0 Å². The van der Waals surface area contributed by atoms with Gasteiger partial charge in [-0.1, -0.05) is 12.1 Å². The minimum absolute atomic E-state index is 0.189. The topological polar surface area (TPSA) is 48.8 Å². The molecule has 0 N–H and O–H groups in total. The molecule has 26 heavy (non-hydrogen) atoms. The van der Waals surface area contributed by atoms with Crippen LogP contribution in [0, 0.1) is 0 Å². The maximum Gasteiger partial charge on any atom is 0.494 e. The molecule has 1 aromatic heterocycles. The van der Waals surface area contributed by atoms with Gasteiger partial charge in [0.2, 0.25) is 5.95 Å². The molecule has 1 aromatic carbocycles. The normalized spacial score (nSPS) is 21.7. The summed E-state index contributed by atoms with van der Waals surface area (Å²) in [5, 5.41) is 0. The summed E-state index contributed by atoms with van der Waals surface area (Å²) in [6, 6.07) is 8.02. The minimum atomic E-state index is -0.336. The highest BCUT2D eigenvalue weighted by atomic mass is 16.7. The molecule has 2 aromatic rings. The zero-order valence-corrected chi connectivity index (χ0v) is 16.1. The van der Waals surface area contributed by atoms with E-state index in [0.717, 1.165) is 30.3 Å². The number of aromatic nitrogens is 2. The van der Waals surface area contributed by atoms with E-state index >= 15 is 0 Å². The van der Waals surface area contributed by atoms with Gasteiger partial charge in [0, 0.05) is 19.4 Å². The van der Waals surface area contributed by atoms with E-state index in [2.05, 4.69) is 37.6 Å². The molecule has 2 saturated heterocycles. The number of hydrogen-bond donors (Lipinski definition) is 0. The van der Waals surface area contributed by atoms with Crippen molar-refractivity contribution in [3.63, 3.8) is 0 Å². The molecular formula is C19H26BN3O3. The lowest BCUT2D eigenvalue weighted by molar-refractivity contribution is 0.00578. The maximum atomic E-state index is 6.09. The molecule has 2 aliphatic rings. The van der Waals surface area contributed by atoms with Gasteiger partial charge in [-0.15, -0.1) is 0 Å². The van der Waals surface area contributed by atoms with E-state index < -0.39 is 0 Å². The number of rotatable bonds is 4. The van der Waals surface area contributed by atoms with E-state index in [9.17, 15) is 0 Å². The average Bonchev–Trinajstić information content (AvgIpc) is 3.04. The summed E-state index contributed by atoms with van der Waals surface area (Å²) in [6.07, 6.45) is 3.96. The molecule has 4 rings (SSSR count). The first-order chi connectivity index (χ1) is 12.2. The molecule has 2 fully saturated rings. The summed E-state index contributed by atoms with van der Waals surface area (Å²) in [5.74, 6) is 1.86. The summed E-state index contributed by atoms with van der Waals surface area (Å²) in [6.45, 7) is 9.96. The molecule has 6 nitrogen and oxygen atoms in total. The van der Waals surface area contributed by atoms with Gasteiger partial charge in [-0.25, -0.2) is 4.98 Å². The molecular weight excluding hydrogens is 329 g/mol. The van der Waals surface area contributed by atoms with Gasteiger partial charge in [0.25, 0.3) is 0 Å². The first-order valence-electron chi connectivity index (χ1n) is 9.10. The summed E-state index contributed by atoms with van der Waals surface area (Å²) in [5.41, 5.74) is 0.361. The number of aryl methyl sites for hydroxylation is 1. The van der Waals surface area contributed by atoms with Crippen molar-refractivity contribution in [2.75, 3.05) is 18.0 Å². The summed E-state index contributed by atoms with van der Waals surface area (Å²) in [4.78, 5) is 6.58. The summed E-state index contributed by atoms with van der Waals surface area (Å²) >= 11 is 0. The van der Waals surface area contributed by atoms with Gasteiger partial charge in [-0.2, -0.15) is 0 Å². The van der Waals surface area contributed by atoms with Crippen LogP contribution in [0.1, 0.15) is 27.7 Å². The third-order valence-electron chi connectivity index (χ3n) is 5.63. The van der Waals surface area contributed by atoms with Crippen molar-refractivity contribution in [1.82, 2.24) is 9.55 Å². The van der Waals surface area contributed by atoms with E-state index in [-0.39, 0.29) is 24.4 Å². The molecule has 0 bridgehead atoms. The molecule has 0 unspecified atom stereocenters. The van der Waals surface area contributed by atoms with Crippen molar-refractivity contribution < 1.29 is 14.0 Å².